The third-order valence-corrected chi connectivity index (χ3v) is 3.69. The number of hydrogen-bond donors (Lipinski definition) is 2. The third-order valence-electron chi connectivity index (χ3n) is 3.69. The monoisotopic (exact) mass is 322 g/mol. The zero-order chi connectivity index (χ0) is 16.9. The van der Waals surface area contributed by atoms with E-state index in [4.69, 9.17) is 0 Å². The summed E-state index contributed by atoms with van der Waals surface area (Å²) in [5, 5.41) is 16.6. The molecule has 0 saturated carbocycles. The maximum atomic E-state index is 12.4. The highest BCUT2D eigenvalue weighted by Gasteiger charge is 2.15. The Morgan fingerprint density at radius 1 is 1.17 bits per heavy atom. The molecule has 6 nitrogen and oxygen atoms in total. The molecule has 0 bridgehead atoms. The van der Waals surface area contributed by atoms with E-state index in [2.05, 4.69) is 15.4 Å². The number of nitrogens with one attached hydrogen (secondary N) is 1. The zero-order valence-corrected chi connectivity index (χ0v) is 13.3. The first-order valence-electron chi connectivity index (χ1n) is 7.60. The van der Waals surface area contributed by atoms with Gasteiger partial charge in [0.15, 0.2) is 5.82 Å². The molecule has 6 heteroatoms. The topological polar surface area (TPSA) is 80.0 Å². The molecule has 0 saturated heterocycles. The molecule has 1 atom stereocenters. The maximum absolute atomic E-state index is 12.4. The normalized spacial score (nSPS) is 11.9. The first-order valence-corrected chi connectivity index (χ1v) is 7.60. The van der Waals surface area contributed by atoms with Crippen LogP contribution < -0.4 is 5.32 Å². The fourth-order valence-electron chi connectivity index (χ4n) is 2.40. The van der Waals surface area contributed by atoms with Gasteiger partial charge in [-0.1, -0.05) is 42.5 Å². The SMILES string of the molecule is Cn1cnc(-c2ccc(C(=O)N[C@H](CO)c3ccccc3)cc2)n1. The van der Waals surface area contributed by atoms with Crippen molar-refractivity contribution in [2.45, 2.75) is 6.04 Å². The molecule has 1 amide bonds. The lowest BCUT2D eigenvalue weighted by Crippen LogP contribution is -2.30. The minimum absolute atomic E-state index is 0.161. The van der Waals surface area contributed by atoms with E-state index >= 15 is 0 Å². The van der Waals surface area contributed by atoms with E-state index in [1.165, 1.54) is 0 Å². The van der Waals surface area contributed by atoms with E-state index in [0.717, 1.165) is 11.1 Å². The Balaban J connectivity index is 1.73. The molecule has 0 aliphatic rings. The Morgan fingerprint density at radius 3 is 2.46 bits per heavy atom. The van der Waals surface area contributed by atoms with Gasteiger partial charge in [-0.2, -0.15) is 5.10 Å². The third kappa shape index (κ3) is 3.49. The fraction of sp³-hybridized carbons (Fsp3) is 0.167. The Kier molecular flexibility index (Phi) is 4.67. The molecule has 0 fully saturated rings. The van der Waals surface area contributed by atoms with Crippen LogP contribution in [-0.4, -0.2) is 32.4 Å². The van der Waals surface area contributed by atoms with Crippen LogP contribution in [-0.2, 0) is 7.05 Å². The zero-order valence-electron chi connectivity index (χ0n) is 13.3. The lowest BCUT2D eigenvalue weighted by Gasteiger charge is -2.16. The molecule has 0 aliphatic heterocycles. The Labute approximate surface area is 139 Å². The van der Waals surface area contributed by atoms with Crippen molar-refractivity contribution in [3.63, 3.8) is 0 Å². The average Bonchev–Trinajstić information content (AvgIpc) is 3.07. The van der Waals surface area contributed by atoms with Crippen LogP contribution >= 0.6 is 0 Å². The molecular formula is C18H18N4O2. The standard InChI is InChI=1S/C18H18N4O2/c1-22-12-19-17(21-22)14-7-9-15(10-8-14)18(24)20-16(11-23)13-5-3-2-4-6-13/h2-10,12,16,23H,11H2,1H3,(H,20,24)/t16-/m1/s1. The van der Waals surface area contributed by atoms with Gasteiger partial charge in [0.2, 0.25) is 0 Å². The number of amides is 1. The summed E-state index contributed by atoms with van der Waals surface area (Å²) < 4.78 is 1.63. The minimum Gasteiger partial charge on any atom is -0.394 e. The van der Waals surface area contributed by atoms with Crippen LogP contribution in [0.25, 0.3) is 11.4 Å². The molecular weight excluding hydrogens is 304 g/mol. The molecule has 3 rings (SSSR count). The molecule has 1 aromatic heterocycles. The lowest BCUT2D eigenvalue weighted by atomic mass is 10.1. The van der Waals surface area contributed by atoms with E-state index in [9.17, 15) is 9.90 Å². The van der Waals surface area contributed by atoms with Gasteiger partial charge >= 0.3 is 0 Å². The van der Waals surface area contributed by atoms with Gasteiger partial charge in [-0.25, -0.2) is 4.98 Å². The van der Waals surface area contributed by atoms with Crippen molar-refractivity contribution >= 4 is 5.91 Å². The van der Waals surface area contributed by atoms with Crippen molar-refractivity contribution in [1.82, 2.24) is 20.1 Å². The number of carbonyl (C=O) groups is 1. The number of aliphatic hydroxyl groups excluding tert-OH is 1. The van der Waals surface area contributed by atoms with Gasteiger partial charge in [-0.3, -0.25) is 9.48 Å². The highest BCUT2D eigenvalue weighted by atomic mass is 16.3. The van der Waals surface area contributed by atoms with Gasteiger partial charge in [0.1, 0.15) is 6.33 Å². The van der Waals surface area contributed by atoms with E-state index in [1.807, 2.05) is 30.3 Å². The second-order valence-corrected chi connectivity index (χ2v) is 5.44. The first kappa shape index (κ1) is 15.9. The van der Waals surface area contributed by atoms with Gasteiger partial charge in [0.05, 0.1) is 12.6 Å². The molecule has 0 aliphatic carbocycles. The summed E-state index contributed by atoms with van der Waals surface area (Å²) in [4.78, 5) is 16.6. The van der Waals surface area contributed by atoms with Crippen LogP contribution in [0.3, 0.4) is 0 Å². The van der Waals surface area contributed by atoms with Crippen LogP contribution in [0.1, 0.15) is 22.0 Å². The van der Waals surface area contributed by atoms with Crippen LogP contribution in [0, 0.1) is 0 Å². The predicted molar refractivity (Wildman–Crippen MR) is 90.2 cm³/mol. The number of aryl methyl sites for hydroxylation is 1. The van der Waals surface area contributed by atoms with E-state index in [-0.39, 0.29) is 12.5 Å². The van der Waals surface area contributed by atoms with Crippen LogP contribution in [0.2, 0.25) is 0 Å². The van der Waals surface area contributed by atoms with E-state index in [1.54, 1.807) is 42.3 Å². The summed E-state index contributed by atoms with van der Waals surface area (Å²) in [5.74, 6) is 0.375. The molecule has 0 spiro atoms. The number of aromatic nitrogens is 3. The van der Waals surface area contributed by atoms with Gasteiger partial charge in [-0.05, 0) is 17.7 Å². The molecule has 2 N–H and O–H groups in total. The van der Waals surface area contributed by atoms with Crippen molar-refractivity contribution in [3.8, 4) is 11.4 Å². The smallest absolute Gasteiger partial charge is 0.251 e. The Hall–Kier alpha value is -2.99. The van der Waals surface area contributed by atoms with Gasteiger partial charge in [0, 0.05) is 18.2 Å². The molecule has 0 unspecified atom stereocenters. The number of benzene rings is 2. The van der Waals surface area contributed by atoms with Crippen LogP contribution in [0.4, 0.5) is 0 Å². The second kappa shape index (κ2) is 7.06. The van der Waals surface area contributed by atoms with Gasteiger partial charge in [0.25, 0.3) is 5.91 Å². The maximum Gasteiger partial charge on any atom is 0.251 e. The molecule has 3 aromatic rings. The summed E-state index contributed by atoms with van der Waals surface area (Å²) in [6.07, 6.45) is 1.63. The van der Waals surface area contributed by atoms with Crippen molar-refractivity contribution in [2.24, 2.45) is 7.05 Å². The number of aliphatic hydroxyl groups is 1. The lowest BCUT2D eigenvalue weighted by molar-refractivity contribution is 0.0916. The quantitative estimate of drug-likeness (QED) is 0.752. The number of nitrogens with zero attached hydrogens (tertiary/aromatic N) is 3. The molecule has 24 heavy (non-hydrogen) atoms. The number of rotatable bonds is 5. The highest BCUT2D eigenvalue weighted by molar-refractivity contribution is 5.94. The number of hydrogen-bond acceptors (Lipinski definition) is 4. The van der Waals surface area contributed by atoms with Gasteiger partial charge in [-0.15, -0.1) is 0 Å². The Morgan fingerprint density at radius 2 is 1.88 bits per heavy atom. The molecule has 122 valence electrons. The van der Waals surface area contributed by atoms with Crippen LogP contribution in [0.15, 0.2) is 60.9 Å². The second-order valence-electron chi connectivity index (χ2n) is 5.44. The van der Waals surface area contributed by atoms with Crippen LogP contribution in [0.5, 0.6) is 0 Å². The van der Waals surface area contributed by atoms with Crippen molar-refractivity contribution < 1.29 is 9.90 Å². The summed E-state index contributed by atoms with van der Waals surface area (Å²) in [7, 11) is 1.80. The largest absolute Gasteiger partial charge is 0.394 e. The van der Waals surface area contributed by atoms with Crippen molar-refractivity contribution in [3.05, 3.63) is 72.1 Å². The van der Waals surface area contributed by atoms with Gasteiger partial charge < -0.3 is 10.4 Å². The number of carbonyl (C=O) groups excluding carboxylic acids is 1. The average molecular weight is 322 g/mol. The van der Waals surface area contributed by atoms with Crippen molar-refractivity contribution in [1.29, 1.82) is 0 Å². The Bertz CT molecular complexity index is 813. The summed E-state index contributed by atoms with van der Waals surface area (Å²) in [6, 6.07) is 16.0. The van der Waals surface area contributed by atoms with E-state index in [0.29, 0.717) is 11.4 Å². The fourth-order valence-corrected chi connectivity index (χ4v) is 2.40. The first-order chi connectivity index (χ1) is 11.7. The summed E-state index contributed by atoms with van der Waals surface area (Å²) >= 11 is 0. The molecule has 0 radical (unpaired) electrons. The molecule has 2 aromatic carbocycles. The van der Waals surface area contributed by atoms with Crippen molar-refractivity contribution in [2.75, 3.05) is 6.61 Å². The minimum atomic E-state index is -0.434. The molecule has 1 heterocycles. The predicted octanol–water partition coefficient (Wildman–Crippen LogP) is 1.95. The summed E-state index contributed by atoms with van der Waals surface area (Å²) in [6.45, 7) is -0.161. The highest BCUT2D eigenvalue weighted by Crippen LogP contribution is 2.16. The van der Waals surface area contributed by atoms with E-state index < -0.39 is 6.04 Å². The summed E-state index contributed by atoms with van der Waals surface area (Å²) in [5.41, 5.74) is 2.22.